The Hall–Kier alpha value is -1.11. The lowest BCUT2D eigenvalue weighted by Gasteiger charge is -2.14. The summed E-state index contributed by atoms with van der Waals surface area (Å²) >= 11 is 10.8. The highest BCUT2D eigenvalue weighted by Crippen LogP contribution is 2.33. The molecule has 0 radical (unpaired) electrons. The maximum absolute atomic E-state index is 10.8. The molecule has 7 heteroatoms. The second-order valence-corrected chi connectivity index (χ2v) is 6.53. The summed E-state index contributed by atoms with van der Waals surface area (Å²) in [5.74, 6) is 0. The molecule has 2 rings (SSSR count). The standard InChI is InChI=1S/C12H10BrClN2O2S/c1-7(11-4-5-12(14)19-11)15-10-6-8(16(17)18)2-3-9(10)13/h2-7,15H,1H3. The minimum Gasteiger partial charge on any atom is -0.377 e. The lowest BCUT2D eigenvalue weighted by Crippen LogP contribution is -2.05. The molecule has 1 aromatic heterocycles. The summed E-state index contributed by atoms with van der Waals surface area (Å²) in [6.07, 6.45) is 0. The van der Waals surface area contributed by atoms with Crippen molar-refractivity contribution in [3.63, 3.8) is 0 Å². The Bertz CT molecular complexity index is 618. The number of rotatable bonds is 4. The van der Waals surface area contributed by atoms with Crippen molar-refractivity contribution in [3.05, 3.63) is 54.1 Å². The number of hydrogen-bond donors (Lipinski definition) is 1. The van der Waals surface area contributed by atoms with E-state index in [0.717, 1.165) is 13.7 Å². The fourth-order valence-electron chi connectivity index (χ4n) is 1.60. The minimum atomic E-state index is -0.412. The number of thiophene rings is 1. The Kier molecular flexibility index (Phi) is 4.44. The first-order valence-corrected chi connectivity index (χ1v) is 7.42. The van der Waals surface area contributed by atoms with Crippen molar-refractivity contribution in [2.45, 2.75) is 13.0 Å². The van der Waals surface area contributed by atoms with Crippen LogP contribution in [-0.4, -0.2) is 4.92 Å². The molecular formula is C12H10BrClN2O2S. The SMILES string of the molecule is CC(Nc1cc([N+](=O)[O-])ccc1Br)c1ccc(Cl)s1. The van der Waals surface area contributed by atoms with E-state index in [1.807, 2.05) is 19.1 Å². The first-order valence-electron chi connectivity index (χ1n) is 5.43. The molecular weight excluding hydrogens is 352 g/mol. The summed E-state index contributed by atoms with van der Waals surface area (Å²) in [7, 11) is 0. The van der Waals surface area contributed by atoms with Crippen molar-refractivity contribution < 1.29 is 4.92 Å². The molecule has 2 aromatic rings. The molecule has 1 unspecified atom stereocenters. The van der Waals surface area contributed by atoms with Crippen LogP contribution in [0, 0.1) is 10.1 Å². The summed E-state index contributed by atoms with van der Waals surface area (Å²) in [6, 6.07) is 8.43. The number of nitrogens with one attached hydrogen (secondary N) is 1. The van der Waals surface area contributed by atoms with Crippen molar-refractivity contribution in [2.24, 2.45) is 0 Å². The molecule has 1 N–H and O–H groups in total. The van der Waals surface area contributed by atoms with Gasteiger partial charge < -0.3 is 5.32 Å². The summed E-state index contributed by atoms with van der Waals surface area (Å²) < 4.78 is 1.51. The zero-order valence-corrected chi connectivity index (χ0v) is 13.1. The number of nitro groups is 1. The largest absolute Gasteiger partial charge is 0.377 e. The molecule has 19 heavy (non-hydrogen) atoms. The molecule has 1 atom stereocenters. The number of non-ortho nitro benzene ring substituents is 1. The fourth-order valence-corrected chi connectivity index (χ4v) is 3.03. The Labute approximate surface area is 127 Å². The lowest BCUT2D eigenvalue weighted by atomic mass is 10.2. The molecule has 0 aliphatic heterocycles. The van der Waals surface area contributed by atoms with Crippen molar-refractivity contribution in [3.8, 4) is 0 Å². The molecule has 1 heterocycles. The van der Waals surface area contributed by atoms with Crippen LogP contribution in [0.3, 0.4) is 0 Å². The summed E-state index contributed by atoms with van der Waals surface area (Å²) in [6.45, 7) is 1.98. The Morgan fingerprint density at radius 2 is 2.16 bits per heavy atom. The van der Waals surface area contributed by atoms with E-state index in [-0.39, 0.29) is 11.7 Å². The topological polar surface area (TPSA) is 55.2 Å². The maximum Gasteiger partial charge on any atom is 0.271 e. The minimum absolute atomic E-state index is 0.0239. The van der Waals surface area contributed by atoms with Gasteiger partial charge in [0, 0.05) is 21.5 Å². The van der Waals surface area contributed by atoms with Crippen LogP contribution < -0.4 is 5.32 Å². The van der Waals surface area contributed by atoms with E-state index in [9.17, 15) is 10.1 Å². The van der Waals surface area contributed by atoms with E-state index in [1.54, 1.807) is 6.07 Å². The quantitative estimate of drug-likeness (QED) is 0.598. The Balaban J connectivity index is 2.22. The first-order chi connectivity index (χ1) is 8.97. The summed E-state index contributed by atoms with van der Waals surface area (Å²) in [5.41, 5.74) is 0.744. The Morgan fingerprint density at radius 1 is 1.42 bits per heavy atom. The maximum atomic E-state index is 10.8. The van der Waals surface area contributed by atoms with Gasteiger partial charge in [0.25, 0.3) is 5.69 Å². The predicted octanol–water partition coefficient (Wildman–Crippen LogP) is 5.25. The number of benzene rings is 1. The van der Waals surface area contributed by atoms with Crippen molar-refractivity contribution in [1.29, 1.82) is 0 Å². The molecule has 0 aliphatic rings. The molecule has 4 nitrogen and oxygen atoms in total. The molecule has 0 saturated carbocycles. The predicted molar refractivity (Wildman–Crippen MR) is 82.2 cm³/mol. The van der Waals surface area contributed by atoms with E-state index < -0.39 is 4.92 Å². The summed E-state index contributed by atoms with van der Waals surface area (Å²) in [5, 5.41) is 14.0. The van der Waals surface area contributed by atoms with E-state index in [1.165, 1.54) is 23.5 Å². The normalized spacial score (nSPS) is 12.2. The van der Waals surface area contributed by atoms with Crippen molar-refractivity contribution in [2.75, 3.05) is 5.32 Å². The van der Waals surface area contributed by atoms with Gasteiger partial charge in [-0.1, -0.05) is 11.6 Å². The van der Waals surface area contributed by atoms with Crippen LogP contribution in [0.5, 0.6) is 0 Å². The van der Waals surface area contributed by atoms with Crippen LogP contribution in [0.4, 0.5) is 11.4 Å². The van der Waals surface area contributed by atoms with Crippen LogP contribution >= 0.6 is 38.9 Å². The molecule has 0 saturated heterocycles. The molecule has 0 fully saturated rings. The van der Waals surface area contributed by atoms with Gasteiger partial charge >= 0.3 is 0 Å². The third kappa shape index (κ3) is 3.46. The highest BCUT2D eigenvalue weighted by molar-refractivity contribution is 9.10. The molecule has 0 spiro atoms. The van der Waals surface area contributed by atoms with Crippen molar-refractivity contribution >= 4 is 50.2 Å². The van der Waals surface area contributed by atoms with Crippen molar-refractivity contribution in [1.82, 2.24) is 0 Å². The monoisotopic (exact) mass is 360 g/mol. The zero-order chi connectivity index (χ0) is 14.0. The van der Waals surface area contributed by atoms with Gasteiger partial charge in [0.05, 0.1) is 21.0 Å². The van der Waals surface area contributed by atoms with Crippen LogP contribution in [0.2, 0.25) is 4.34 Å². The molecule has 0 bridgehead atoms. The van der Waals surface area contributed by atoms with Gasteiger partial charge in [-0.3, -0.25) is 10.1 Å². The zero-order valence-electron chi connectivity index (χ0n) is 9.89. The van der Waals surface area contributed by atoms with E-state index >= 15 is 0 Å². The molecule has 0 aliphatic carbocycles. The average molecular weight is 362 g/mol. The fraction of sp³-hybridized carbons (Fsp3) is 0.167. The smallest absolute Gasteiger partial charge is 0.271 e. The van der Waals surface area contributed by atoms with Crippen LogP contribution in [0.15, 0.2) is 34.8 Å². The molecule has 1 aromatic carbocycles. The molecule has 0 amide bonds. The number of nitrogens with zero attached hydrogens (tertiary/aromatic N) is 1. The van der Waals surface area contributed by atoms with Gasteiger partial charge in [0.2, 0.25) is 0 Å². The highest BCUT2D eigenvalue weighted by Gasteiger charge is 2.13. The first kappa shape index (κ1) is 14.3. The third-order valence-corrected chi connectivity index (χ3v) is 4.66. The van der Waals surface area contributed by atoms with Crippen LogP contribution in [0.1, 0.15) is 17.8 Å². The van der Waals surface area contributed by atoms with Gasteiger partial charge in [0.15, 0.2) is 0 Å². The van der Waals surface area contributed by atoms with Crippen LogP contribution in [0.25, 0.3) is 0 Å². The highest BCUT2D eigenvalue weighted by atomic mass is 79.9. The summed E-state index contributed by atoms with van der Waals surface area (Å²) in [4.78, 5) is 11.4. The second-order valence-electron chi connectivity index (χ2n) is 3.93. The second kappa shape index (κ2) is 5.90. The van der Waals surface area contributed by atoms with Crippen LogP contribution in [-0.2, 0) is 0 Å². The average Bonchev–Trinajstić information content (AvgIpc) is 2.78. The van der Waals surface area contributed by atoms with Gasteiger partial charge in [-0.05, 0) is 41.1 Å². The number of halogens is 2. The number of nitro benzene ring substituents is 1. The number of anilines is 1. The van der Waals surface area contributed by atoms with Gasteiger partial charge in [-0.25, -0.2) is 0 Å². The number of hydrogen-bond acceptors (Lipinski definition) is 4. The lowest BCUT2D eigenvalue weighted by molar-refractivity contribution is -0.384. The van der Waals surface area contributed by atoms with Gasteiger partial charge in [-0.15, -0.1) is 11.3 Å². The molecule has 100 valence electrons. The Morgan fingerprint density at radius 3 is 2.74 bits per heavy atom. The van der Waals surface area contributed by atoms with E-state index in [0.29, 0.717) is 5.69 Å². The van der Waals surface area contributed by atoms with E-state index in [2.05, 4.69) is 21.2 Å². The van der Waals surface area contributed by atoms with Gasteiger partial charge in [0.1, 0.15) is 0 Å². The third-order valence-electron chi connectivity index (χ3n) is 2.55. The van der Waals surface area contributed by atoms with E-state index in [4.69, 9.17) is 11.6 Å². The van der Waals surface area contributed by atoms with Gasteiger partial charge in [-0.2, -0.15) is 0 Å².